The molecular weight excluding hydrogens is 408 g/mol. The fourth-order valence-electron chi connectivity index (χ4n) is 4.35. The van der Waals surface area contributed by atoms with Gasteiger partial charge in [0, 0.05) is 11.0 Å². The zero-order valence-electron chi connectivity index (χ0n) is 16.3. The summed E-state index contributed by atoms with van der Waals surface area (Å²) in [7, 11) is 1.49. The Balaban J connectivity index is 1.68. The van der Waals surface area contributed by atoms with E-state index in [1.165, 1.54) is 7.11 Å². The number of methoxy groups -OCH3 is 1. The lowest BCUT2D eigenvalue weighted by Crippen LogP contribution is -2.21. The molecule has 0 saturated carbocycles. The zero-order valence-corrected chi connectivity index (χ0v) is 17.1. The highest BCUT2D eigenvalue weighted by Gasteiger charge is 2.43. The summed E-state index contributed by atoms with van der Waals surface area (Å²) in [6.45, 7) is 2.19. The molecule has 3 atom stereocenters. The van der Waals surface area contributed by atoms with Crippen molar-refractivity contribution in [3.05, 3.63) is 69.6 Å². The highest BCUT2D eigenvalue weighted by molar-refractivity contribution is 6.31. The summed E-state index contributed by atoms with van der Waals surface area (Å²) in [6.07, 6.45) is 5.79. The summed E-state index contributed by atoms with van der Waals surface area (Å²) in [5.41, 5.74) is 3.33. The Bertz CT molecular complexity index is 1150. The van der Waals surface area contributed by atoms with E-state index in [0.29, 0.717) is 39.2 Å². The minimum absolute atomic E-state index is 0.0118. The van der Waals surface area contributed by atoms with Crippen LogP contribution in [0.25, 0.3) is 0 Å². The molecule has 154 valence electrons. The summed E-state index contributed by atoms with van der Waals surface area (Å²) in [4.78, 5) is 12.6. The first-order valence-corrected chi connectivity index (χ1v) is 9.94. The molecule has 0 bridgehead atoms. The molecule has 0 radical (unpaired) electrons. The molecule has 0 spiro atoms. The van der Waals surface area contributed by atoms with Crippen molar-refractivity contribution < 1.29 is 23.9 Å². The van der Waals surface area contributed by atoms with Crippen molar-refractivity contribution in [2.24, 2.45) is 5.92 Å². The smallest absolute Gasteiger partial charge is 0.337 e. The molecule has 2 N–H and O–H groups in total. The standard InChI is InChI=1S/C22H19ClN2O5/c1-10-7-12(23)4-5-13(10)20-19-17(11-3-6-16(28-2)15(26)8-11)18-14(9-29-22(18)27)24-21(19)30-25-20/h3-8,10,13,17,24,26H,9H2,1-2H3. The minimum atomic E-state index is -0.494. The molecular formula is C22H19ClN2O5. The van der Waals surface area contributed by atoms with E-state index in [9.17, 15) is 9.90 Å². The van der Waals surface area contributed by atoms with E-state index in [1.54, 1.807) is 12.1 Å². The van der Waals surface area contributed by atoms with E-state index in [2.05, 4.69) is 17.4 Å². The van der Waals surface area contributed by atoms with Crippen molar-refractivity contribution in [2.45, 2.75) is 18.8 Å². The number of rotatable bonds is 3. The third-order valence-corrected chi connectivity index (χ3v) is 6.05. The maximum atomic E-state index is 12.6. The molecule has 3 heterocycles. The molecule has 5 rings (SSSR count). The number of carbonyl (C=O) groups excluding carboxylic acids is 1. The normalized spacial score (nSPS) is 24.7. The Morgan fingerprint density at radius 1 is 1.37 bits per heavy atom. The predicted octanol–water partition coefficient (Wildman–Crippen LogP) is 4.17. The Morgan fingerprint density at radius 2 is 2.20 bits per heavy atom. The van der Waals surface area contributed by atoms with Crippen molar-refractivity contribution in [1.29, 1.82) is 0 Å². The number of aromatic hydroxyl groups is 1. The lowest BCUT2D eigenvalue weighted by Gasteiger charge is -2.27. The molecule has 0 amide bonds. The molecule has 0 saturated heterocycles. The van der Waals surface area contributed by atoms with Crippen LogP contribution in [-0.2, 0) is 9.53 Å². The van der Waals surface area contributed by atoms with E-state index >= 15 is 0 Å². The number of nitrogens with zero attached hydrogens (tertiary/aromatic N) is 1. The molecule has 0 fully saturated rings. The summed E-state index contributed by atoms with van der Waals surface area (Å²) in [5, 5.41) is 18.6. The van der Waals surface area contributed by atoms with Gasteiger partial charge in [0.15, 0.2) is 11.5 Å². The summed E-state index contributed by atoms with van der Waals surface area (Å²) >= 11 is 6.15. The van der Waals surface area contributed by atoms with Gasteiger partial charge in [-0.15, -0.1) is 0 Å². The van der Waals surface area contributed by atoms with Crippen LogP contribution in [0.1, 0.15) is 35.6 Å². The molecule has 7 nitrogen and oxygen atoms in total. The largest absolute Gasteiger partial charge is 0.504 e. The van der Waals surface area contributed by atoms with Crippen LogP contribution >= 0.6 is 11.6 Å². The highest BCUT2D eigenvalue weighted by atomic mass is 35.5. The quantitative estimate of drug-likeness (QED) is 0.711. The minimum Gasteiger partial charge on any atom is -0.504 e. The van der Waals surface area contributed by atoms with Crippen LogP contribution in [0, 0.1) is 5.92 Å². The second-order valence-electron chi connectivity index (χ2n) is 7.56. The summed E-state index contributed by atoms with van der Waals surface area (Å²) in [5.74, 6) is -0.0589. The number of ether oxygens (including phenoxy) is 2. The molecule has 1 aromatic heterocycles. The number of benzene rings is 1. The topological polar surface area (TPSA) is 93.8 Å². The molecule has 2 aliphatic heterocycles. The van der Waals surface area contributed by atoms with E-state index in [0.717, 1.165) is 5.56 Å². The molecule has 2 aromatic rings. The SMILES string of the molecule is COc1ccc(C2C3=C(COC3=O)Nc3onc(C4C=CC(Cl)=CC4C)c32)cc1O. The monoisotopic (exact) mass is 426 g/mol. The van der Waals surface area contributed by atoms with Gasteiger partial charge in [0.1, 0.15) is 6.61 Å². The van der Waals surface area contributed by atoms with Gasteiger partial charge < -0.3 is 24.4 Å². The second-order valence-corrected chi connectivity index (χ2v) is 8.00. The fourth-order valence-corrected chi connectivity index (χ4v) is 4.63. The lowest BCUT2D eigenvalue weighted by molar-refractivity contribution is -0.136. The first-order valence-electron chi connectivity index (χ1n) is 9.57. The number of nitrogens with one attached hydrogen (secondary N) is 1. The Labute approximate surface area is 177 Å². The summed E-state index contributed by atoms with van der Waals surface area (Å²) < 4.78 is 16.1. The first-order chi connectivity index (χ1) is 14.5. The number of hydrogen-bond donors (Lipinski definition) is 2. The molecule has 3 aliphatic rings. The van der Waals surface area contributed by atoms with Crippen molar-refractivity contribution in [2.75, 3.05) is 19.0 Å². The number of anilines is 1. The van der Waals surface area contributed by atoms with Gasteiger partial charge in [0.2, 0.25) is 5.88 Å². The first kappa shape index (κ1) is 18.8. The maximum absolute atomic E-state index is 12.6. The van der Waals surface area contributed by atoms with Crippen molar-refractivity contribution in [3.63, 3.8) is 0 Å². The average molecular weight is 427 g/mol. The van der Waals surface area contributed by atoms with E-state index < -0.39 is 11.9 Å². The number of phenols is 1. The number of carbonyl (C=O) groups is 1. The summed E-state index contributed by atoms with van der Waals surface area (Å²) in [6, 6.07) is 5.09. The predicted molar refractivity (Wildman–Crippen MR) is 110 cm³/mol. The fraction of sp³-hybridized carbons (Fsp3) is 0.273. The Kier molecular flexibility index (Phi) is 4.36. The van der Waals surface area contributed by atoms with Gasteiger partial charge in [0.25, 0.3) is 0 Å². The number of halogens is 1. The second kappa shape index (κ2) is 6.95. The van der Waals surface area contributed by atoms with E-state index in [1.807, 2.05) is 24.3 Å². The van der Waals surface area contributed by atoms with Gasteiger partial charge >= 0.3 is 5.97 Å². The number of hydrogen-bond acceptors (Lipinski definition) is 7. The van der Waals surface area contributed by atoms with E-state index in [4.69, 9.17) is 25.6 Å². The number of esters is 1. The van der Waals surface area contributed by atoms with Gasteiger partial charge in [-0.05, 0) is 29.7 Å². The number of allylic oxidation sites excluding steroid dienone is 4. The molecule has 1 aromatic carbocycles. The third kappa shape index (κ3) is 2.81. The molecule has 8 heteroatoms. The van der Waals surface area contributed by atoms with E-state index in [-0.39, 0.29) is 24.2 Å². The van der Waals surface area contributed by atoms with Crippen LogP contribution in [0.15, 0.2) is 57.3 Å². The molecule has 1 aliphatic carbocycles. The van der Waals surface area contributed by atoms with Crippen LogP contribution in [0.2, 0.25) is 0 Å². The lowest BCUT2D eigenvalue weighted by atomic mass is 9.77. The molecule has 30 heavy (non-hydrogen) atoms. The van der Waals surface area contributed by atoms with Crippen molar-refractivity contribution >= 4 is 23.5 Å². The van der Waals surface area contributed by atoms with Gasteiger partial charge in [0.05, 0.1) is 35.6 Å². The maximum Gasteiger partial charge on any atom is 0.337 e. The molecule has 3 unspecified atom stereocenters. The van der Waals surface area contributed by atoms with Gasteiger partial charge in [-0.2, -0.15) is 0 Å². The van der Waals surface area contributed by atoms with Gasteiger partial charge in [-0.1, -0.05) is 41.9 Å². The number of phenolic OH excluding ortho intramolecular Hbond substituents is 1. The number of fused-ring (bicyclic) bond motifs is 1. The van der Waals surface area contributed by atoms with Crippen LogP contribution in [0.3, 0.4) is 0 Å². The third-order valence-electron chi connectivity index (χ3n) is 5.79. The van der Waals surface area contributed by atoms with Crippen LogP contribution < -0.4 is 10.1 Å². The number of aromatic nitrogens is 1. The van der Waals surface area contributed by atoms with Crippen LogP contribution in [0.4, 0.5) is 5.88 Å². The highest BCUT2D eigenvalue weighted by Crippen LogP contribution is 2.49. The Morgan fingerprint density at radius 3 is 2.93 bits per heavy atom. The van der Waals surface area contributed by atoms with Crippen LogP contribution in [0.5, 0.6) is 11.5 Å². The van der Waals surface area contributed by atoms with Gasteiger partial charge in [-0.25, -0.2) is 4.79 Å². The zero-order chi connectivity index (χ0) is 21.0. The van der Waals surface area contributed by atoms with Crippen molar-refractivity contribution in [1.82, 2.24) is 5.16 Å². The van der Waals surface area contributed by atoms with Crippen molar-refractivity contribution in [3.8, 4) is 11.5 Å². The average Bonchev–Trinajstić information content (AvgIpc) is 3.30. The van der Waals surface area contributed by atoms with Crippen LogP contribution in [-0.4, -0.2) is 29.9 Å². The number of cyclic esters (lactones) is 1. The Hall–Kier alpha value is -3.19. The van der Waals surface area contributed by atoms with Gasteiger partial charge in [-0.3, -0.25) is 0 Å².